The maximum Gasteiger partial charge on any atom is 0.261 e. The van der Waals surface area contributed by atoms with Gasteiger partial charge in [0.25, 0.3) is 5.56 Å². The Bertz CT molecular complexity index is 961. The van der Waals surface area contributed by atoms with Gasteiger partial charge in [0.1, 0.15) is 22.5 Å². The lowest BCUT2D eigenvalue weighted by Crippen LogP contribution is -2.31. The summed E-state index contributed by atoms with van der Waals surface area (Å²) in [7, 11) is 0. The van der Waals surface area contributed by atoms with Gasteiger partial charge in [-0.15, -0.1) is 0 Å². The van der Waals surface area contributed by atoms with E-state index in [1.54, 1.807) is 18.5 Å². The van der Waals surface area contributed by atoms with Gasteiger partial charge in [-0.3, -0.25) is 14.3 Å². The first-order valence-electron chi connectivity index (χ1n) is 7.39. The van der Waals surface area contributed by atoms with Crippen molar-refractivity contribution in [3.05, 3.63) is 52.4 Å². The third kappa shape index (κ3) is 2.47. The molecule has 0 radical (unpaired) electrons. The van der Waals surface area contributed by atoms with Crippen molar-refractivity contribution in [2.45, 2.75) is 12.1 Å². The number of rotatable bonds is 2. The molecule has 4 heterocycles. The average molecular weight is 345 g/mol. The van der Waals surface area contributed by atoms with Gasteiger partial charge < -0.3 is 9.84 Å². The number of fused-ring (bicyclic) bond motifs is 1. The molecule has 0 unspecified atom stereocenters. The van der Waals surface area contributed by atoms with Gasteiger partial charge in [0.15, 0.2) is 0 Å². The van der Waals surface area contributed by atoms with E-state index < -0.39 is 12.1 Å². The second-order valence-electron chi connectivity index (χ2n) is 5.56. The maximum absolute atomic E-state index is 12.9. The third-order valence-electron chi connectivity index (χ3n) is 4.05. The Morgan fingerprint density at radius 2 is 2.25 bits per heavy atom. The molecule has 1 saturated heterocycles. The largest absolute Gasteiger partial charge is 0.388 e. The highest BCUT2D eigenvalue weighted by atomic mass is 35.5. The molecule has 1 aliphatic heterocycles. The number of aliphatic hydroxyl groups is 1. The minimum absolute atomic E-state index is 0.196. The number of nitrogens with zero attached hydrogens (tertiary/aromatic N) is 4. The van der Waals surface area contributed by atoms with E-state index >= 15 is 0 Å². The quantitative estimate of drug-likeness (QED) is 0.707. The molecule has 7 nitrogen and oxygen atoms in total. The molecule has 122 valence electrons. The number of aromatic nitrogens is 4. The monoisotopic (exact) mass is 344 g/mol. The molecule has 24 heavy (non-hydrogen) atoms. The fraction of sp³-hybridized carbons (Fsp3) is 0.250. The van der Waals surface area contributed by atoms with Gasteiger partial charge >= 0.3 is 0 Å². The van der Waals surface area contributed by atoms with Crippen molar-refractivity contribution in [1.29, 1.82) is 0 Å². The molecule has 1 N–H and O–H groups in total. The summed E-state index contributed by atoms with van der Waals surface area (Å²) < 4.78 is 6.62. The molecule has 0 amide bonds. The highest BCUT2D eigenvalue weighted by Crippen LogP contribution is 2.26. The second-order valence-corrected chi connectivity index (χ2v) is 5.95. The first-order chi connectivity index (χ1) is 11.6. The van der Waals surface area contributed by atoms with E-state index in [9.17, 15) is 9.90 Å². The van der Waals surface area contributed by atoms with Crippen molar-refractivity contribution >= 4 is 22.5 Å². The smallest absolute Gasteiger partial charge is 0.261 e. The number of pyridine rings is 2. The summed E-state index contributed by atoms with van der Waals surface area (Å²) in [5, 5.41) is 10.5. The van der Waals surface area contributed by atoms with Crippen molar-refractivity contribution in [2.75, 3.05) is 13.2 Å². The Labute approximate surface area is 141 Å². The van der Waals surface area contributed by atoms with Crippen LogP contribution in [0.2, 0.25) is 5.15 Å². The minimum atomic E-state index is -0.739. The number of hydrogen-bond donors (Lipinski definition) is 1. The Morgan fingerprint density at radius 3 is 2.96 bits per heavy atom. The predicted molar refractivity (Wildman–Crippen MR) is 87.9 cm³/mol. The molecule has 4 rings (SSSR count). The van der Waals surface area contributed by atoms with Crippen LogP contribution in [-0.4, -0.2) is 43.9 Å². The lowest BCUT2D eigenvalue weighted by atomic mass is 10.1. The molecule has 8 heteroatoms. The molecule has 0 aliphatic carbocycles. The van der Waals surface area contributed by atoms with Crippen LogP contribution in [-0.2, 0) is 4.74 Å². The zero-order chi connectivity index (χ0) is 16.7. The molecule has 0 aromatic carbocycles. The number of aliphatic hydroxyl groups excluding tert-OH is 1. The van der Waals surface area contributed by atoms with Crippen molar-refractivity contribution < 1.29 is 9.84 Å². The number of ether oxygens (including phenoxy) is 1. The lowest BCUT2D eigenvalue weighted by molar-refractivity contribution is 0.119. The summed E-state index contributed by atoms with van der Waals surface area (Å²) in [6.07, 6.45) is 3.97. The Kier molecular flexibility index (Phi) is 3.76. The van der Waals surface area contributed by atoms with Gasteiger partial charge in [-0.25, -0.2) is 9.97 Å². The summed E-state index contributed by atoms with van der Waals surface area (Å²) in [6, 6.07) is 4.64. The molecule has 1 fully saturated rings. The summed E-state index contributed by atoms with van der Waals surface area (Å²) >= 11 is 6.10. The summed E-state index contributed by atoms with van der Waals surface area (Å²) in [4.78, 5) is 25.6. The van der Waals surface area contributed by atoms with Crippen LogP contribution in [0.25, 0.3) is 22.2 Å². The highest BCUT2D eigenvalue weighted by Gasteiger charge is 2.29. The van der Waals surface area contributed by atoms with Crippen molar-refractivity contribution in [2.24, 2.45) is 0 Å². The molecular weight excluding hydrogens is 332 g/mol. The van der Waals surface area contributed by atoms with Crippen LogP contribution in [0, 0.1) is 0 Å². The van der Waals surface area contributed by atoms with Gasteiger partial charge in [-0.2, -0.15) is 0 Å². The predicted octanol–water partition coefficient (Wildman–Crippen LogP) is 1.44. The maximum atomic E-state index is 12.9. The normalized spacial score (nSPS) is 20.6. The van der Waals surface area contributed by atoms with E-state index in [2.05, 4.69) is 15.0 Å². The topological polar surface area (TPSA) is 90.1 Å². The van der Waals surface area contributed by atoms with E-state index in [-0.39, 0.29) is 23.9 Å². The van der Waals surface area contributed by atoms with Gasteiger partial charge in [-0.05, 0) is 18.2 Å². The van der Waals surface area contributed by atoms with Crippen LogP contribution in [0.5, 0.6) is 0 Å². The van der Waals surface area contributed by atoms with Crippen LogP contribution in [0.1, 0.15) is 6.04 Å². The van der Waals surface area contributed by atoms with Crippen molar-refractivity contribution in [3.63, 3.8) is 0 Å². The fourth-order valence-electron chi connectivity index (χ4n) is 2.85. The number of halogens is 1. The third-order valence-corrected chi connectivity index (χ3v) is 4.24. The van der Waals surface area contributed by atoms with Gasteiger partial charge in [0.05, 0.1) is 31.0 Å². The van der Waals surface area contributed by atoms with E-state index in [0.29, 0.717) is 16.6 Å². The first-order valence-corrected chi connectivity index (χ1v) is 7.76. The molecule has 0 spiro atoms. The molecule has 1 aliphatic rings. The van der Waals surface area contributed by atoms with Gasteiger partial charge in [0, 0.05) is 18.0 Å². The average Bonchev–Trinajstić information content (AvgIpc) is 3.02. The molecule has 3 aromatic rings. The van der Waals surface area contributed by atoms with Crippen LogP contribution >= 0.6 is 11.6 Å². The molecule has 2 atom stereocenters. The Balaban J connectivity index is 1.95. The van der Waals surface area contributed by atoms with Crippen LogP contribution in [0.15, 0.2) is 41.7 Å². The Hall–Kier alpha value is -2.35. The van der Waals surface area contributed by atoms with Crippen LogP contribution in [0.4, 0.5) is 0 Å². The highest BCUT2D eigenvalue weighted by molar-refractivity contribution is 6.30. The summed E-state index contributed by atoms with van der Waals surface area (Å²) in [5.74, 6) is 0. The van der Waals surface area contributed by atoms with Crippen LogP contribution < -0.4 is 5.56 Å². The summed E-state index contributed by atoms with van der Waals surface area (Å²) in [5.41, 5.74) is 1.38. The van der Waals surface area contributed by atoms with Gasteiger partial charge in [0.2, 0.25) is 0 Å². The van der Waals surface area contributed by atoms with Crippen LogP contribution in [0.3, 0.4) is 0 Å². The first kappa shape index (κ1) is 15.2. The van der Waals surface area contributed by atoms with Gasteiger partial charge in [-0.1, -0.05) is 11.6 Å². The zero-order valence-corrected chi connectivity index (χ0v) is 13.2. The molecular formula is C16H13ClN4O3. The molecule has 3 aromatic heterocycles. The lowest BCUT2D eigenvalue weighted by Gasteiger charge is -2.16. The zero-order valence-electron chi connectivity index (χ0n) is 12.5. The fourth-order valence-corrected chi connectivity index (χ4v) is 3.04. The standard InChI is InChI=1S/C16H13ClN4O3/c17-13-4-10-15(14(20-13)9-2-1-3-18-5-9)19-8-21(16(10)23)11-6-24-7-12(11)22/h1-5,8,11-12,22H,6-7H2/t11-,12-/m1/s1. The van der Waals surface area contributed by atoms with E-state index in [1.807, 2.05) is 6.07 Å². The van der Waals surface area contributed by atoms with E-state index in [0.717, 1.165) is 5.56 Å². The van der Waals surface area contributed by atoms with E-state index in [4.69, 9.17) is 16.3 Å². The minimum Gasteiger partial charge on any atom is -0.388 e. The molecule has 0 saturated carbocycles. The summed E-state index contributed by atoms with van der Waals surface area (Å²) in [6.45, 7) is 0.468. The SMILES string of the molecule is O=c1c2cc(Cl)nc(-c3cccnc3)c2ncn1[C@@H]1COC[C@H]1O. The van der Waals surface area contributed by atoms with E-state index in [1.165, 1.54) is 17.0 Å². The molecule has 0 bridgehead atoms. The Morgan fingerprint density at radius 1 is 1.38 bits per heavy atom. The second kappa shape index (κ2) is 5.94. The number of hydrogen-bond acceptors (Lipinski definition) is 6. The van der Waals surface area contributed by atoms with Crippen molar-refractivity contribution in [1.82, 2.24) is 19.5 Å². The van der Waals surface area contributed by atoms with Crippen molar-refractivity contribution in [3.8, 4) is 11.3 Å².